The first-order valence-electron chi connectivity index (χ1n) is 6.67. The summed E-state index contributed by atoms with van der Waals surface area (Å²) in [6, 6.07) is 2.15. The van der Waals surface area contributed by atoms with E-state index in [9.17, 15) is 9.90 Å². The van der Waals surface area contributed by atoms with Crippen LogP contribution >= 0.6 is 27.3 Å². The summed E-state index contributed by atoms with van der Waals surface area (Å²) in [4.78, 5) is 16.4. The molecule has 0 amide bonds. The molecule has 1 aliphatic rings. The molecule has 3 nitrogen and oxygen atoms in total. The Morgan fingerprint density at radius 2 is 2.37 bits per heavy atom. The zero-order chi connectivity index (χ0) is 14.0. The summed E-state index contributed by atoms with van der Waals surface area (Å²) < 4.78 is 1.16. The Bertz CT molecular complexity index is 455. The molecular formula is C14H20BrNO2S. The van der Waals surface area contributed by atoms with Crippen LogP contribution in [0.2, 0.25) is 0 Å². The van der Waals surface area contributed by atoms with Gasteiger partial charge in [0.2, 0.25) is 0 Å². The molecular weight excluding hydrogens is 326 g/mol. The molecule has 0 aliphatic carbocycles. The number of rotatable bonds is 5. The second kappa shape index (κ2) is 5.94. The third kappa shape index (κ3) is 3.20. The van der Waals surface area contributed by atoms with Crippen LogP contribution < -0.4 is 0 Å². The molecule has 1 N–H and O–H groups in total. The second-order valence-corrected chi connectivity index (χ2v) is 7.61. The van der Waals surface area contributed by atoms with Crippen LogP contribution in [-0.4, -0.2) is 29.1 Å². The molecule has 0 saturated carbocycles. The standard InChI is InChI=1S/C14H20BrNO2S/c1-3-4-14(13(17)18)5-6-16(9-14)8-11-7-12(15)10(2)19-11/h7H,3-6,8-9H2,1-2H3,(H,17,18). The van der Waals surface area contributed by atoms with E-state index in [0.29, 0.717) is 6.54 Å². The molecule has 0 radical (unpaired) electrons. The Morgan fingerprint density at radius 1 is 1.63 bits per heavy atom. The van der Waals surface area contributed by atoms with Crippen LogP contribution in [0.1, 0.15) is 35.9 Å². The van der Waals surface area contributed by atoms with Crippen LogP contribution in [0.4, 0.5) is 0 Å². The maximum atomic E-state index is 11.5. The number of carboxylic acids is 1. The van der Waals surface area contributed by atoms with E-state index in [0.717, 1.165) is 36.8 Å². The lowest BCUT2D eigenvalue weighted by Crippen LogP contribution is -2.34. The molecule has 1 aliphatic heterocycles. The van der Waals surface area contributed by atoms with Gasteiger partial charge in [0.25, 0.3) is 0 Å². The van der Waals surface area contributed by atoms with Gasteiger partial charge in [-0.05, 0) is 48.3 Å². The fourth-order valence-electron chi connectivity index (χ4n) is 2.87. The van der Waals surface area contributed by atoms with Gasteiger partial charge in [-0.25, -0.2) is 0 Å². The van der Waals surface area contributed by atoms with Gasteiger partial charge in [0, 0.05) is 27.3 Å². The Hall–Kier alpha value is -0.390. The predicted octanol–water partition coefficient (Wildman–Crippen LogP) is 3.90. The minimum absolute atomic E-state index is 0.516. The lowest BCUT2D eigenvalue weighted by Gasteiger charge is -2.24. The van der Waals surface area contributed by atoms with E-state index in [1.165, 1.54) is 9.75 Å². The number of nitrogens with zero attached hydrogens (tertiary/aromatic N) is 1. The molecule has 1 aromatic heterocycles. The summed E-state index contributed by atoms with van der Waals surface area (Å²) in [6.07, 6.45) is 2.50. The Labute approximate surface area is 126 Å². The molecule has 5 heteroatoms. The van der Waals surface area contributed by atoms with E-state index in [1.54, 1.807) is 11.3 Å². The number of thiophene rings is 1. The Morgan fingerprint density at radius 3 is 2.89 bits per heavy atom. The van der Waals surface area contributed by atoms with E-state index in [-0.39, 0.29) is 0 Å². The monoisotopic (exact) mass is 345 g/mol. The Kier molecular flexibility index (Phi) is 4.69. The maximum Gasteiger partial charge on any atom is 0.310 e. The predicted molar refractivity (Wildman–Crippen MR) is 81.6 cm³/mol. The van der Waals surface area contributed by atoms with Crippen molar-refractivity contribution in [2.75, 3.05) is 13.1 Å². The number of halogens is 1. The molecule has 1 aromatic rings. The van der Waals surface area contributed by atoms with Crippen molar-refractivity contribution in [1.29, 1.82) is 0 Å². The SMILES string of the molecule is CCCC1(C(=O)O)CCN(Cc2cc(Br)c(C)s2)C1. The van der Waals surface area contributed by atoms with Gasteiger partial charge < -0.3 is 5.11 Å². The number of likely N-dealkylation sites (tertiary alicyclic amines) is 1. The van der Waals surface area contributed by atoms with Gasteiger partial charge >= 0.3 is 5.97 Å². The number of aryl methyl sites for hydroxylation is 1. The molecule has 1 fully saturated rings. The topological polar surface area (TPSA) is 40.5 Å². The van der Waals surface area contributed by atoms with Crippen LogP contribution in [0.15, 0.2) is 10.5 Å². The number of carbonyl (C=O) groups is 1. The van der Waals surface area contributed by atoms with Crippen LogP contribution in [0, 0.1) is 12.3 Å². The highest BCUT2D eigenvalue weighted by atomic mass is 79.9. The quantitative estimate of drug-likeness (QED) is 0.879. The van der Waals surface area contributed by atoms with Crippen molar-refractivity contribution in [2.45, 2.75) is 39.7 Å². The average Bonchev–Trinajstić information content (AvgIpc) is 2.86. The van der Waals surface area contributed by atoms with Gasteiger partial charge in [0.05, 0.1) is 5.41 Å². The molecule has 1 saturated heterocycles. The minimum atomic E-state index is -0.625. The summed E-state index contributed by atoms with van der Waals surface area (Å²) in [7, 11) is 0. The lowest BCUT2D eigenvalue weighted by molar-refractivity contribution is -0.148. The summed E-state index contributed by atoms with van der Waals surface area (Å²) in [5.74, 6) is -0.625. The third-order valence-electron chi connectivity index (χ3n) is 3.90. The molecule has 1 atom stereocenters. The number of aliphatic carboxylic acids is 1. The Balaban J connectivity index is 2.03. The zero-order valence-electron chi connectivity index (χ0n) is 11.4. The van der Waals surface area contributed by atoms with E-state index in [2.05, 4.69) is 40.7 Å². The maximum absolute atomic E-state index is 11.5. The van der Waals surface area contributed by atoms with Crippen LogP contribution in [-0.2, 0) is 11.3 Å². The fraction of sp³-hybridized carbons (Fsp3) is 0.643. The normalized spacial score (nSPS) is 23.9. The second-order valence-electron chi connectivity index (χ2n) is 5.41. The van der Waals surface area contributed by atoms with Crippen LogP contribution in [0.25, 0.3) is 0 Å². The smallest absolute Gasteiger partial charge is 0.310 e. The molecule has 1 unspecified atom stereocenters. The van der Waals surface area contributed by atoms with Crippen molar-refractivity contribution in [3.8, 4) is 0 Å². The number of carboxylic acid groups (broad SMARTS) is 1. The van der Waals surface area contributed by atoms with Gasteiger partial charge in [-0.1, -0.05) is 13.3 Å². The van der Waals surface area contributed by atoms with Gasteiger partial charge in [0.1, 0.15) is 0 Å². The first kappa shape index (κ1) is 15.0. The van der Waals surface area contributed by atoms with Gasteiger partial charge in [-0.2, -0.15) is 0 Å². The highest BCUT2D eigenvalue weighted by molar-refractivity contribution is 9.10. The summed E-state index contributed by atoms with van der Waals surface area (Å²) in [6.45, 7) is 6.61. The molecule has 106 valence electrons. The summed E-state index contributed by atoms with van der Waals surface area (Å²) >= 11 is 5.32. The third-order valence-corrected chi connectivity index (χ3v) is 6.02. The first-order chi connectivity index (χ1) is 8.97. The van der Waals surface area contributed by atoms with Gasteiger partial charge in [0.15, 0.2) is 0 Å². The molecule has 2 rings (SSSR count). The van der Waals surface area contributed by atoms with Crippen molar-refractivity contribution in [3.63, 3.8) is 0 Å². The highest BCUT2D eigenvalue weighted by Crippen LogP contribution is 2.37. The first-order valence-corrected chi connectivity index (χ1v) is 8.28. The van der Waals surface area contributed by atoms with Crippen molar-refractivity contribution in [2.24, 2.45) is 5.41 Å². The van der Waals surface area contributed by atoms with Crippen LogP contribution in [0.3, 0.4) is 0 Å². The highest BCUT2D eigenvalue weighted by Gasteiger charge is 2.43. The van der Waals surface area contributed by atoms with Crippen molar-refractivity contribution >= 4 is 33.2 Å². The fourth-order valence-corrected chi connectivity index (χ4v) is 4.52. The molecule has 19 heavy (non-hydrogen) atoms. The molecule has 0 bridgehead atoms. The van der Waals surface area contributed by atoms with Gasteiger partial charge in [-0.3, -0.25) is 9.69 Å². The minimum Gasteiger partial charge on any atom is -0.481 e. The summed E-state index contributed by atoms with van der Waals surface area (Å²) in [5, 5.41) is 9.50. The average molecular weight is 346 g/mol. The lowest BCUT2D eigenvalue weighted by atomic mass is 9.83. The van der Waals surface area contributed by atoms with E-state index >= 15 is 0 Å². The largest absolute Gasteiger partial charge is 0.481 e. The zero-order valence-corrected chi connectivity index (χ0v) is 13.8. The molecule has 2 heterocycles. The number of hydrogen-bond donors (Lipinski definition) is 1. The van der Waals surface area contributed by atoms with Crippen LogP contribution in [0.5, 0.6) is 0 Å². The van der Waals surface area contributed by atoms with E-state index in [4.69, 9.17) is 0 Å². The van der Waals surface area contributed by atoms with E-state index < -0.39 is 11.4 Å². The van der Waals surface area contributed by atoms with Crippen molar-refractivity contribution in [3.05, 3.63) is 20.3 Å². The number of hydrogen-bond acceptors (Lipinski definition) is 3. The van der Waals surface area contributed by atoms with Crippen molar-refractivity contribution < 1.29 is 9.90 Å². The molecule has 0 aromatic carbocycles. The summed E-state index contributed by atoms with van der Waals surface area (Å²) in [5.41, 5.74) is -0.516. The van der Waals surface area contributed by atoms with Gasteiger partial charge in [-0.15, -0.1) is 11.3 Å². The van der Waals surface area contributed by atoms with E-state index in [1.807, 2.05) is 0 Å². The van der Waals surface area contributed by atoms with Crippen molar-refractivity contribution in [1.82, 2.24) is 4.90 Å². The molecule has 0 spiro atoms.